The molecule has 2 rings (SSSR count). The van der Waals surface area contributed by atoms with E-state index in [1.807, 2.05) is 25.1 Å². The zero-order valence-electron chi connectivity index (χ0n) is 13.2. The summed E-state index contributed by atoms with van der Waals surface area (Å²) in [7, 11) is 2.15. The summed E-state index contributed by atoms with van der Waals surface area (Å²) in [4.78, 5) is 17.0. The molecule has 21 heavy (non-hydrogen) atoms. The Hall–Kier alpha value is -1.59. The standard InChI is InChI=1S/C16H26N4O/c1-4-13-11-20(10-9-19(13)3)12(2)16(21)18-15-8-6-5-7-14(15)17/h5-8,12-13H,4,9-11,17H2,1-3H3,(H,18,21). The van der Waals surface area contributed by atoms with Gasteiger partial charge in [0.05, 0.1) is 17.4 Å². The number of nitrogens with two attached hydrogens (primary N) is 1. The summed E-state index contributed by atoms with van der Waals surface area (Å²) in [6.07, 6.45) is 1.10. The number of hydrogen-bond donors (Lipinski definition) is 2. The summed E-state index contributed by atoms with van der Waals surface area (Å²) in [6, 6.07) is 7.74. The summed E-state index contributed by atoms with van der Waals surface area (Å²) in [5, 5.41) is 2.93. The number of piperazine rings is 1. The number of benzene rings is 1. The largest absolute Gasteiger partial charge is 0.397 e. The number of nitrogen functional groups attached to an aromatic ring is 1. The maximum Gasteiger partial charge on any atom is 0.241 e. The minimum absolute atomic E-state index is 0.00676. The van der Waals surface area contributed by atoms with Crippen LogP contribution in [-0.2, 0) is 4.79 Å². The summed E-state index contributed by atoms with van der Waals surface area (Å²) >= 11 is 0. The highest BCUT2D eigenvalue weighted by molar-refractivity contribution is 5.97. The van der Waals surface area contributed by atoms with Crippen LogP contribution in [-0.4, -0.2) is 54.5 Å². The lowest BCUT2D eigenvalue weighted by Gasteiger charge is -2.41. The van der Waals surface area contributed by atoms with Crippen LogP contribution < -0.4 is 11.1 Å². The van der Waals surface area contributed by atoms with E-state index in [4.69, 9.17) is 5.73 Å². The lowest BCUT2D eigenvalue weighted by atomic mass is 10.1. The van der Waals surface area contributed by atoms with Crippen LogP contribution in [0.25, 0.3) is 0 Å². The number of nitrogens with zero attached hydrogens (tertiary/aromatic N) is 2. The second kappa shape index (κ2) is 6.91. The van der Waals surface area contributed by atoms with Crippen LogP contribution in [0, 0.1) is 0 Å². The molecule has 1 aliphatic heterocycles. The van der Waals surface area contributed by atoms with E-state index in [9.17, 15) is 4.79 Å². The van der Waals surface area contributed by atoms with Crippen molar-refractivity contribution in [1.29, 1.82) is 0 Å². The van der Waals surface area contributed by atoms with Gasteiger partial charge in [0.1, 0.15) is 0 Å². The Balaban J connectivity index is 1.98. The average Bonchev–Trinajstić information content (AvgIpc) is 2.49. The van der Waals surface area contributed by atoms with Crippen LogP contribution in [0.3, 0.4) is 0 Å². The fourth-order valence-corrected chi connectivity index (χ4v) is 2.78. The minimum Gasteiger partial charge on any atom is -0.397 e. The Bertz CT molecular complexity index is 491. The number of carbonyl (C=O) groups is 1. The van der Waals surface area contributed by atoms with E-state index in [1.165, 1.54) is 0 Å². The highest BCUT2D eigenvalue weighted by Crippen LogP contribution is 2.19. The van der Waals surface area contributed by atoms with Crippen LogP contribution in [0.15, 0.2) is 24.3 Å². The fourth-order valence-electron chi connectivity index (χ4n) is 2.78. The maximum absolute atomic E-state index is 12.4. The molecule has 2 unspecified atom stereocenters. The van der Waals surface area contributed by atoms with Gasteiger partial charge in [-0.3, -0.25) is 9.69 Å². The van der Waals surface area contributed by atoms with Crippen LogP contribution >= 0.6 is 0 Å². The topological polar surface area (TPSA) is 61.6 Å². The molecule has 0 aliphatic carbocycles. The SMILES string of the molecule is CCC1CN(C(C)C(=O)Nc2ccccc2N)CCN1C. The van der Waals surface area contributed by atoms with E-state index in [2.05, 4.69) is 29.1 Å². The van der Waals surface area contributed by atoms with Crippen molar-refractivity contribution in [1.82, 2.24) is 9.80 Å². The van der Waals surface area contributed by atoms with Gasteiger partial charge in [0.25, 0.3) is 0 Å². The zero-order valence-corrected chi connectivity index (χ0v) is 13.2. The molecule has 1 amide bonds. The first-order valence-corrected chi connectivity index (χ1v) is 7.62. The molecule has 0 spiro atoms. The maximum atomic E-state index is 12.4. The molecule has 1 heterocycles. The number of carbonyl (C=O) groups excluding carboxylic acids is 1. The molecule has 0 bridgehead atoms. The molecule has 2 atom stereocenters. The van der Waals surface area contributed by atoms with Crippen LogP contribution in [0.2, 0.25) is 0 Å². The van der Waals surface area contributed by atoms with Gasteiger partial charge in [-0.25, -0.2) is 0 Å². The summed E-state index contributed by atoms with van der Waals surface area (Å²) in [5.74, 6) is 0.00676. The molecule has 5 heteroatoms. The van der Waals surface area contributed by atoms with Crippen LogP contribution in [0.4, 0.5) is 11.4 Å². The molecule has 0 saturated carbocycles. The van der Waals surface area contributed by atoms with Gasteiger partial charge in [-0.05, 0) is 32.5 Å². The van der Waals surface area contributed by atoms with E-state index in [0.717, 1.165) is 26.1 Å². The minimum atomic E-state index is -0.146. The van der Waals surface area contributed by atoms with Gasteiger partial charge >= 0.3 is 0 Å². The number of amides is 1. The van der Waals surface area contributed by atoms with Gasteiger partial charge in [-0.1, -0.05) is 19.1 Å². The molecule has 5 nitrogen and oxygen atoms in total. The van der Waals surface area contributed by atoms with Gasteiger partial charge in [-0.2, -0.15) is 0 Å². The van der Waals surface area contributed by atoms with E-state index >= 15 is 0 Å². The van der Waals surface area contributed by atoms with Gasteiger partial charge < -0.3 is 16.0 Å². The number of rotatable bonds is 4. The predicted molar refractivity (Wildman–Crippen MR) is 87.2 cm³/mol. The van der Waals surface area contributed by atoms with Gasteiger partial charge in [-0.15, -0.1) is 0 Å². The first kappa shape index (κ1) is 15.8. The Labute approximate surface area is 127 Å². The van der Waals surface area contributed by atoms with Crippen molar-refractivity contribution in [3.05, 3.63) is 24.3 Å². The quantitative estimate of drug-likeness (QED) is 0.827. The second-order valence-electron chi connectivity index (χ2n) is 5.79. The third kappa shape index (κ3) is 3.74. The molecule has 1 saturated heterocycles. The highest BCUT2D eigenvalue weighted by Gasteiger charge is 2.29. The van der Waals surface area contributed by atoms with Crippen molar-refractivity contribution in [2.24, 2.45) is 0 Å². The lowest BCUT2D eigenvalue weighted by Crippen LogP contribution is -2.56. The normalized spacial score (nSPS) is 22.0. The molecule has 0 aromatic heterocycles. The van der Waals surface area contributed by atoms with Crippen molar-refractivity contribution in [2.45, 2.75) is 32.4 Å². The molecule has 0 radical (unpaired) electrons. The number of nitrogens with one attached hydrogen (secondary N) is 1. The van der Waals surface area contributed by atoms with Crippen molar-refractivity contribution < 1.29 is 4.79 Å². The number of para-hydroxylation sites is 2. The zero-order chi connectivity index (χ0) is 15.4. The summed E-state index contributed by atoms with van der Waals surface area (Å²) in [6.45, 7) is 7.02. The van der Waals surface area contributed by atoms with E-state index in [-0.39, 0.29) is 11.9 Å². The van der Waals surface area contributed by atoms with E-state index in [0.29, 0.717) is 17.4 Å². The number of likely N-dealkylation sites (N-methyl/N-ethyl adjacent to an activating group) is 1. The van der Waals surface area contributed by atoms with Crippen molar-refractivity contribution in [3.8, 4) is 0 Å². The van der Waals surface area contributed by atoms with Crippen molar-refractivity contribution in [2.75, 3.05) is 37.7 Å². The molecular formula is C16H26N4O. The molecule has 1 aromatic carbocycles. The molecule has 1 aliphatic rings. The van der Waals surface area contributed by atoms with E-state index < -0.39 is 0 Å². The number of hydrogen-bond acceptors (Lipinski definition) is 4. The molecule has 1 fully saturated rings. The van der Waals surface area contributed by atoms with Crippen molar-refractivity contribution in [3.63, 3.8) is 0 Å². The Morgan fingerprint density at radius 1 is 1.43 bits per heavy atom. The van der Waals surface area contributed by atoms with E-state index in [1.54, 1.807) is 6.07 Å². The Morgan fingerprint density at radius 3 is 2.81 bits per heavy atom. The molecule has 116 valence electrons. The highest BCUT2D eigenvalue weighted by atomic mass is 16.2. The Kier molecular flexibility index (Phi) is 5.20. The first-order chi connectivity index (χ1) is 10.0. The average molecular weight is 290 g/mol. The fraction of sp³-hybridized carbons (Fsp3) is 0.562. The second-order valence-corrected chi connectivity index (χ2v) is 5.79. The molecular weight excluding hydrogens is 264 g/mol. The molecule has 1 aromatic rings. The third-order valence-electron chi connectivity index (χ3n) is 4.43. The summed E-state index contributed by atoms with van der Waals surface area (Å²) < 4.78 is 0. The lowest BCUT2D eigenvalue weighted by molar-refractivity contribution is -0.121. The first-order valence-electron chi connectivity index (χ1n) is 7.62. The Morgan fingerprint density at radius 2 is 2.14 bits per heavy atom. The van der Waals surface area contributed by atoms with Gasteiger partial charge in [0, 0.05) is 25.7 Å². The van der Waals surface area contributed by atoms with Gasteiger partial charge in [0.2, 0.25) is 5.91 Å². The number of anilines is 2. The van der Waals surface area contributed by atoms with Crippen molar-refractivity contribution >= 4 is 17.3 Å². The van der Waals surface area contributed by atoms with Gasteiger partial charge in [0.15, 0.2) is 0 Å². The van der Waals surface area contributed by atoms with Crippen LogP contribution in [0.5, 0.6) is 0 Å². The smallest absolute Gasteiger partial charge is 0.241 e. The third-order valence-corrected chi connectivity index (χ3v) is 4.43. The summed E-state index contributed by atoms with van der Waals surface area (Å²) in [5.41, 5.74) is 7.16. The van der Waals surface area contributed by atoms with Crippen LogP contribution in [0.1, 0.15) is 20.3 Å². The molecule has 3 N–H and O–H groups in total. The predicted octanol–water partition coefficient (Wildman–Crippen LogP) is 1.62. The monoisotopic (exact) mass is 290 g/mol.